The fourth-order valence-corrected chi connectivity index (χ4v) is 3.19. The molecule has 1 aliphatic rings. The van der Waals surface area contributed by atoms with E-state index >= 15 is 0 Å². The van der Waals surface area contributed by atoms with Crippen LogP contribution in [-0.4, -0.2) is 35.5 Å². The highest BCUT2D eigenvalue weighted by molar-refractivity contribution is 7.91. The maximum atomic E-state index is 11.7. The van der Waals surface area contributed by atoms with Crippen LogP contribution in [0.4, 0.5) is 0 Å². The van der Waals surface area contributed by atoms with E-state index in [9.17, 15) is 8.42 Å². The second kappa shape index (κ2) is 5.84. The highest BCUT2D eigenvalue weighted by atomic mass is 32.2. The van der Waals surface area contributed by atoms with Crippen molar-refractivity contribution in [3.8, 4) is 0 Å². The van der Waals surface area contributed by atoms with E-state index in [2.05, 4.69) is 10.3 Å². The first kappa shape index (κ1) is 13.5. The number of nitrogens with zero attached hydrogens (tertiary/aromatic N) is 2. The van der Waals surface area contributed by atoms with Gasteiger partial charge in [-0.1, -0.05) is 6.92 Å². The molecule has 0 unspecified atom stereocenters. The van der Waals surface area contributed by atoms with Crippen LogP contribution in [0.15, 0.2) is 12.4 Å². The van der Waals surface area contributed by atoms with Crippen molar-refractivity contribution < 1.29 is 8.42 Å². The fourth-order valence-electron chi connectivity index (χ4n) is 1.88. The van der Waals surface area contributed by atoms with Crippen molar-refractivity contribution >= 4 is 9.84 Å². The lowest BCUT2D eigenvalue weighted by Crippen LogP contribution is -2.21. The molecular weight excluding hydrogens is 250 g/mol. The maximum Gasteiger partial charge on any atom is 0.152 e. The van der Waals surface area contributed by atoms with Gasteiger partial charge < -0.3 is 9.88 Å². The van der Waals surface area contributed by atoms with E-state index in [1.807, 2.05) is 17.7 Å². The van der Waals surface area contributed by atoms with Gasteiger partial charge in [-0.3, -0.25) is 0 Å². The van der Waals surface area contributed by atoms with E-state index in [-0.39, 0.29) is 11.5 Å². The van der Waals surface area contributed by atoms with Crippen LogP contribution < -0.4 is 5.32 Å². The van der Waals surface area contributed by atoms with Gasteiger partial charge in [-0.15, -0.1) is 0 Å². The van der Waals surface area contributed by atoms with Crippen molar-refractivity contribution in [2.24, 2.45) is 0 Å². The molecule has 1 heterocycles. The predicted octanol–water partition coefficient (Wildman–Crippen LogP) is 0.960. The summed E-state index contributed by atoms with van der Waals surface area (Å²) in [5.74, 6) is 1.40. The minimum atomic E-state index is -2.91. The number of aryl methyl sites for hydroxylation is 1. The molecule has 0 aliphatic heterocycles. The molecule has 0 amide bonds. The highest BCUT2D eigenvalue weighted by Gasteiger charge is 2.21. The lowest BCUT2D eigenvalue weighted by molar-refractivity contribution is 0.577. The predicted molar refractivity (Wildman–Crippen MR) is 71.0 cm³/mol. The average Bonchev–Trinajstić information content (AvgIpc) is 3.03. The molecule has 0 atom stereocenters. The molecule has 1 fully saturated rings. The summed E-state index contributed by atoms with van der Waals surface area (Å²) in [7, 11) is -2.91. The van der Waals surface area contributed by atoms with E-state index in [0.717, 1.165) is 12.4 Å². The van der Waals surface area contributed by atoms with Gasteiger partial charge in [-0.2, -0.15) is 0 Å². The van der Waals surface area contributed by atoms with Crippen molar-refractivity contribution in [2.45, 2.75) is 45.3 Å². The molecule has 0 saturated heterocycles. The summed E-state index contributed by atoms with van der Waals surface area (Å²) in [5.41, 5.74) is 0. The normalized spacial score (nSPS) is 16.1. The molecule has 0 bridgehead atoms. The number of sulfone groups is 1. The summed E-state index contributed by atoms with van der Waals surface area (Å²) >= 11 is 0. The Morgan fingerprint density at radius 3 is 2.89 bits per heavy atom. The van der Waals surface area contributed by atoms with Crippen LogP contribution in [0.3, 0.4) is 0 Å². The summed E-state index contributed by atoms with van der Waals surface area (Å²) in [6.45, 7) is 3.12. The molecule has 1 aromatic heterocycles. The minimum Gasteiger partial charge on any atom is -0.333 e. The van der Waals surface area contributed by atoms with Gasteiger partial charge in [0.05, 0.1) is 12.3 Å². The summed E-state index contributed by atoms with van der Waals surface area (Å²) in [4.78, 5) is 4.27. The standard InChI is InChI=1S/C12H21N3O2S/c1-2-8-18(16,17)9-7-15-6-5-13-12(15)10-14-11-3-4-11/h5-6,11,14H,2-4,7-10H2,1H3. The summed E-state index contributed by atoms with van der Waals surface area (Å²) in [5, 5.41) is 3.39. The lowest BCUT2D eigenvalue weighted by atomic mass is 10.5. The molecule has 0 spiro atoms. The topological polar surface area (TPSA) is 64.0 Å². The molecule has 0 radical (unpaired) electrons. The Hall–Kier alpha value is -0.880. The van der Waals surface area contributed by atoms with Crippen LogP contribution in [0, 0.1) is 0 Å². The van der Waals surface area contributed by atoms with Gasteiger partial charge in [0.15, 0.2) is 9.84 Å². The maximum absolute atomic E-state index is 11.7. The van der Waals surface area contributed by atoms with Crippen molar-refractivity contribution in [2.75, 3.05) is 11.5 Å². The zero-order valence-electron chi connectivity index (χ0n) is 10.8. The van der Waals surface area contributed by atoms with Gasteiger partial charge in [0, 0.05) is 30.7 Å². The molecule has 0 aromatic carbocycles. The average molecular weight is 271 g/mol. The van der Waals surface area contributed by atoms with E-state index in [4.69, 9.17) is 0 Å². The SMILES string of the molecule is CCCS(=O)(=O)CCn1ccnc1CNC1CC1. The lowest BCUT2D eigenvalue weighted by Gasteiger charge is -2.08. The monoisotopic (exact) mass is 271 g/mol. The van der Waals surface area contributed by atoms with Gasteiger partial charge in [0.2, 0.25) is 0 Å². The Morgan fingerprint density at radius 1 is 1.44 bits per heavy atom. The quantitative estimate of drug-likeness (QED) is 0.765. The van der Waals surface area contributed by atoms with Gasteiger partial charge in [0.25, 0.3) is 0 Å². The molecule has 2 rings (SSSR count). The van der Waals surface area contributed by atoms with Crippen molar-refractivity contribution in [1.29, 1.82) is 0 Å². The second-order valence-electron chi connectivity index (χ2n) is 4.84. The number of imidazole rings is 1. The van der Waals surface area contributed by atoms with Crippen LogP contribution in [0.1, 0.15) is 32.0 Å². The Morgan fingerprint density at radius 2 is 2.22 bits per heavy atom. The number of hydrogen-bond donors (Lipinski definition) is 1. The second-order valence-corrected chi connectivity index (χ2v) is 7.15. The van der Waals surface area contributed by atoms with Gasteiger partial charge in [0.1, 0.15) is 5.82 Å². The number of aromatic nitrogens is 2. The molecule has 6 heteroatoms. The van der Waals surface area contributed by atoms with Crippen LogP contribution in [-0.2, 0) is 22.9 Å². The third-order valence-electron chi connectivity index (χ3n) is 3.09. The molecule has 1 saturated carbocycles. The fraction of sp³-hybridized carbons (Fsp3) is 0.750. The third-order valence-corrected chi connectivity index (χ3v) is 4.92. The Bertz CT molecular complexity index is 477. The van der Waals surface area contributed by atoms with E-state index in [1.54, 1.807) is 6.20 Å². The molecule has 1 aromatic rings. The van der Waals surface area contributed by atoms with Crippen LogP contribution in [0.5, 0.6) is 0 Å². The first-order chi connectivity index (χ1) is 8.61. The van der Waals surface area contributed by atoms with Gasteiger partial charge >= 0.3 is 0 Å². The van der Waals surface area contributed by atoms with E-state index < -0.39 is 9.84 Å². The minimum absolute atomic E-state index is 0.202. The van der Waals surface area contributed by atoms with Crippen LogP contribution in [0.25, 0.3) is 0 Å². The molecule has 1 aliphatic carbocycles. The third kappa shape index (κ3) is 4.10. The highest BCUT2D eigenvalue weighted by Crippen LogP contribution is 2.19. The van der Waals surface area contributed by atoms with Crippen LogP contribution >= 0.6 is 0 Å². The summed E-state index contributed by atoms with van der Waals surface area (Å²) < 4.78 is 25.3. The van der Waals surface area contributed by atoms with Gasteiger partial charge in [-0.25, -0.2) is 13.4 Å². The Kier molecular flexibility index (Phi) is 4.40. The number of hydrogen-bond acceptors (Lipinski definition) is 4. The largest absolute Gasteiger partial charge is 0.333 e. The molecule has 102 valence electrons. The van der Waals surface area contributed by atoms with Gasteiger partial charge in [-0.05, 0) is 19.3 Å². The molecular formula is C12H21N3O2S. The van der Waals surface area contributed by atoms with Crippen molar-refractivity contribution in [3.63, 3.8) is 0 Å². The van der Waals surface area contributed by atoms with E-state index in [1.165, 1.54) is 12.8 Å². The molecule has 18 heavy (non-hydrogen) atoms. The van der Waals surface area contributed by atoms with Crippen LogP contribution in [0.2, 0.25) is 0 Å². The van der Waals surface area contributed by atoms with Crippen molar-refractivity contribution in [1.82, 2.24) is 14.9 Å². The zero-order chi connectivity index (χ0) is 13.0. The molecule has 5 nitrogen and oxygen atoms in total. The Balaban J connectivity index is 1.86. The first-order valence-electron chi connectivity index (χ1n) is 6.54. The molecule has 1 N–H and O–H groups in total. The van der Waals surface area contributed by atoms with Crippen molar-refractivity contribution in [3.05, 3.63) is 18.2 Å². The summed E-state index contributed by atoms with van der Waals surface area (Å²) in [6, 6.07) is 0.638. The summed E-state index contributed by atoms with van der Waals surface area (Å²) in [6.07, 6.45) is 6.75. The zero-order valence-corrected chi connectivity index (χ0v) is 11.6. The smallest absolute Gasteiger partial charge is 0.152 e. The number of nitrogens with one attached hydrogen (secondary N) is 1. The first-order valence-corrected chi connectivity index (χ1v) is 8.36. The Labute approximate surface area is 109 Å². The van der Waals surface area contributed by atoms with E-state index in [0.29, 0.717) is 19.0 Å². The number of rotatable bonds is 8.